The molecule has 7 aliphatic rings. The highest BCUT2D eigenvalue weighted by molar-refractivity contribution is 14.1. The molecule has 94 heavy (non-hydrogen) atoms. The van der Waals surface area contributed by atoms with Gasteiger partial charge in [0.25, 0.3) is 11.8 Å². The number of fused-ring (bicyclic) bond motifs is 2. The average molecular weight is 1470 g/mol. The Morgan fingerprint density at radius 3 is 1.36 bits per heavy atom. The molecule has 1 saturated heterocycles. The lowest BCUT2D eigenvalue weighted by atomic mass is 9.70. The summed E-state index contributed by atoms with van der Waals surface area (Å²) >= 11 is 14.7. The first-order valence-electron chi connectivity index (χ1n) is 31.7. The minimum Gasteiger partial charge on any atom is -0.469 e. The maximum absolute atomic E-state index is 14.2. The molecule has 0 radical (unpaired) electrons. The molecule has 26 heteroatoms. The zero-order valence-electron chi connectivity index (χ0n) is 54.9. The summed E-state index contributed by atoms with van der Waals surface area (Å²) in [6, 6.07) is 8.29. The van der Waals surface area contributed by atoms with Gasteiger partial charge in [0.15, 0.2) is 0 Å². The van der Waals surface area contributed by atoms with E-state index in [1.807, 2.05) is 70.2 Å². The molecule has 0 unspecified atom stereocenters. The standard InChI is InChI=1S/C31H34ClF3N2O5.C20H17ClF3IN2O3.C17H29BO4/c1-29(2,3)42-28(40)18-10-8-17(9-11-18)25-20-13-12-19(27(39)41-4)16-23(20)37(36-25)26(38)24-21(6-5-7-22(24)32)30(14-15-30)31(33,34)35;1-30-18(29)10-5-6-11-14(9-10)27(26-16(11)25)17(28)15-12(3-2-4-13(15)21)19(7-8-19)20(22,23)24;1-15(2,3)20-14(19)12-8-10-13(11-9-12)18-21-16(4,5)17(6,7)22-18/h5-8,18-19H,9-16H2,1-4H3;2-4,10H,5-9H2,1H3;10,12H,8-9,11H2,1-7H3/t18-,19-;10-;12-/m111/s1. The third-order valence-corrected chi connectivity index (χ3v) is 20.7. The Bertz CT molecular complexity index is 3690. The van der Waals surface area contributed by atoms with E-state index in [-0.39, 0.29) is 119 Å². The van der Waals surface area contributed by atoms with Crippen LogP contribution in [-0.2, 0) is 83.9 Å². The van der Waals surface area contributed by atoms with E-state index in [0.717, 1.165) is 44.4 Å². The zero-order chi connectivity index (χ0) is 69.2. The van der Waals surface area contributed by atoms with Gasteiger partial charge in [0.1, 0.15) is 14.9 Å². The highest BCUT2D eigenvalue weighted by atomic mass is 127. The first-order valence-corrected chi connectivity index (χ1v) is 33.5. The highest BCUT2D eigenvalue weighted by Crippen LogP contribution is 2.61. The number of rotatable bonds is 10. The van der Waals surface area contributed by atoms with E-state index in [9.17, 15) is 55.1 Å². The Balaban J connectivity index is 0.000000175. The number of hydrogen-bond acceptors (Lipinski definition) is 14. The number of alkyl halides is 6. The zero-order valence-corrected chi connectivity index (χ0v) is 58.6. The molecule has 2 aromatic carbocycles. The molecule has 2 saturated carbocycles. The van der Waals surface area contributed by atoms with Crippen LogP contribution in [0.1, 0.15) is 206 Å². The van der Waals surface area contributed by atoms with E-state index >= 15 is 0 Å². The van der Waals surface area contributed by atoms with Crippen LogP contribution in [0.15, 0.2) is 54.0 Å². The maximum atomic E-state index is 14.2. The van der Waals surface area contributed by atoms with E-state index in [1.54, 1.807) is 0 Å². The van der Waals surface area contributed by atoms with Gasteiger partial charge in [-0.3, -0.25) is 28.8 Å². The smallest absolute Gasteiger partial charge is 0.469 e. The van der Waals surface area contributed by atoms with Crippen molar-refractivity contribution in [2.75, 3.05) is 14.2 Å². The summed E-state index contributed by atoms with van der Waals surface area (Å²) in [6.07, 6.45) is 0.744. The molecule has 16 nitrogen and oxygen atoms in total. The van der Waals surface area contributed by atoms with Crippen LogP contribution in [-0.4, -0.2) is 111 Å². The predicted molar refractivity (Wildman–Crippen MR) is 347 cm³/mol. The van der Waals surface area contributed by atoms with E-state index in [0.29, 0.717) is 72.1 Å². The largest absolute Gasteiger partial charge is 0.490 e. The predicted octanol–water partition coefficient (Wildman–Crippen LogP) is 15.0. The molecule has 0 spiro atoms. The maximum Gasteiger partial charge on any atom is 0.490 e. The summed E-state index contributed by atoms with van der Waals surface area (Å²) in [6.45, 7) is 19.4. The molecule has 3 heterocycles. The van der Waals surface area contributed by atoms with Crippen LogP contribution in [0.3, 0.4) is 0 Å². The number of methoxy groups -OCH3 is 2. The van der Waals surface area contributed by atoms with Crippen molar-refractivity contribution in [3.8, 4) is 0 Å². The number of hydrogen-bond donors (Lipinski definition) is 0. The van der Waals surface area contributed by atoms with Crippen molar-refractivity contribution >= 4 is 94.2 Å². The minimum atomic E-state index is -4.55. The van der Waals surface area contributed by atoms with Gasteiger partial charge in [-0.05, 0) is 216 Å². The number of benzene rings is 2. The van der Waals surface area contributed by atoms with E-state index < -0.39 is 64.0 Å². The number of carbonyl (C=O) groups is 6. The summed E-state index contributed by atoms with van der Waals surface area (Å²) < 4.78 is 120. The Hall–Kier alpha value is -5.57. The van der Waals surface area contributed by atoms with E-state index in [2.05, 4.69) is 44.0 Å². The Morgan fingerprint density at radius 2 is 0.979 bits per heavy atom. The quantitative estimate of drug-likeness (QED) is 0.0478. The molecular weight excluding hydrogens is 1390 g/mol. The fourth-order valence-corrected chi connectivity index (χ4v) is 14.3. The lowest BCUT2D eigenvalue weighted by Gasteiger charge is -2.32. The second-order valence-corrected chi connectivity index (χ2v) is 30.3. The van der Waals surface area contributed by atoms with Crippen molar-refractivity contribution < 1.29 is 83.4 Å². The summed E-state index contributed by atoms with van der Waals surface area (Å²) in [5.41, 5.74) is -1.38. The number of carbonyl (C=O) groups excluding carboxylic acids is 6. The SMILES string of the molecule is CC(C)(C)OC(=O)[C@@H]1CC=C(B2OC(C)(C)C(C)(C)O2)CC1.COC(=O)[C@@H]1CCc2c(C3=CC[C@@H](C(=O)OC(C)(C)C)CC3)nn(C(=O)c3c(Cl)cccc3C3(C(F)(F)F)CC3)c2C1.COC(=O)[C@@H]1CCc2c(I)nn(C(=O)c3c(Cl)cccc3C3(C(F)(F)F)CC3)c2C1. The molecule has 11 rings (SSSR count). The van der Waals surface area contributed by atoms with Gasteiger partial charge in [0, 0.05) is 24.0 Å². The third-order valence-electron chi connectivity index (χ3n) is 19.2. The van der Waals surface area contributed by atoms with E-state index in [4.69, 9.17) is 51.5 Å². The molecule has 3 fully saturated rings. The van der Waals surface area contributed by atoms with Gasteiger partial charge >= 0.3 is 43.3 Å². The normalized spacial score (nSPS) is 22.5. The first-order chi connectivity index (χ1) is 43.7. The molecule has 0 N–H and O–H groups in total. The molecule has 1 aliphatic heterocycles. The summed E-state index contributed by atoms with van der Waals surface area (Å²) in [5.74, 6) is -3.97. The van der Waals surface area contributed by atoms with Gasteiger partial charge in [-0.2, -0.15) is 45.9 Å². The fourth-order valence-electron chi connectivity index (χ4n) is 13.0. The fraction of sp³-hybridized carbons (Fsp3) is 0.588. The van der Waals surface area contributed by atoms with Crippen LogP contribution in [0.5, 0.6) is 0 Å². The Morgan fingerprint density at radius 1 is 0.574 bits per heavy atom. The Kier molecular flexibility index (Phi) is 20.9. The number of halogens is 9. The molecule has 4 aromatic rings. The highest BCUT2D eigenvalue weighted by Gasteiger charge is 2.66. The lowest BCUT2D eigenvalue weighted by Crippen LogP contribution is -2.41. The van der Waals surface area contributed by atoms with E-state index in [1.165, 1.54) is 50.6 Å². The minimum absolute atomic E-state index is 0.0485. The molecule has 510 valence electrons. The molecule has 4 atom stereocenters. The molecular formula is C68H80BCl2F6IN4O12. The molecule has 0 bridgehead atoms. The summed E-state index contributed by atoms with van der Waals surface area (Å²) in [4.78, 5) is 76.8. The van der Waals surface area contributed by atoms with Gasteiger partial charge in [0.05, 0.1) is 98.2 Å². The number of esters is 4. The molecule has 0 amide bonds. The number of ether oxygens (including phenoxy) is 4. The van der Waals surface area contributed by atoms with Crippen LogP contribution in [0.4, 0.5) is 26.3 Å². The third kappa shape index (κ3) is 14.9. The number of allylic oxidation sites excluding steroid dienone is 4. The van der Waals surface area contributed by atoms with Crippen molar-refractivity contribution in [1.29, 1.82) is 0 Å². The van der Waals surface area contributed by atoms with Crippen molar-refractivity contribution in [1.82, 2.24) is 19.6 Å². The van der Waals surface area contributed by atoms with Crippen LogP contribution >= 0.6 is 45.8 Å². The molecule has 2 aromatic heterocycles. The Labute approximate surface area is 567 Å². The van der Waals surface area contributed by atoms with Crippen molar-refractivity contribution in [2.24, 2.45) is 23.7 Å². The van der Waals surface area contributed by atoms with Gasteiger partial charge in [-0.1, -0.05) is 59.6 Å². The van der Waals surface area contributed by atoms with Crippen molar-refractivity contribution in [3.63, 3.8) is 0 Å². The van der Waals surface area contributed by atoms with Gasteiger partial charge in [-0.15, -0.1) is 0 Å². The van der Waals surface area contributed by atoms with Crippen LogP contribution in [0.25, 0.3) is 5.57 Å². The van der Waals surface area contributed by atoms with Crippen molar-refractivity contribution in [3.05, 3.63) is 118 Å². The summed E-state index contributed by atoms with van der Waals surface area (Å²) in [7, 11) is 2.30. The average Bonchev–Trinajstić information content (AvgIpc) is 1.56. The monoisotopic (exact) mass is 1470 g/mol. The number of nitrogens with zero attached hydrogens (tertiary/aromatic N) is 4. The van der Waals surface area contributed by atoms with Gasteiger partial charge in [-0.25, -0.2) is 0 Å². The van der Waals surface area contributed by atoms with Crippen LogP contribution in [0, 0.1) is 27.4 Å². The summed E-state index contributed by atoms with van der Waals surface area (Å²) in [5, 5.41) is 8.84. The van der Waals surface area contributed by atoms with Crippen LogP contribution < -0.4 is 0 Å². The van der Waals surface area contributed by atoms with Gasteiger partial charge in [0.2, 0.25) is 0 Å². The van der Waals surface area contributed by atoms with Crippen molar-refractivity contribution in [2.45, 2.75) is 218 Å². The topological polar surface area (TPSA) is 193 Å². The second kappa shape index (κ2) is 27.0. The lowest BCUT2D eigenvalue weighted by molar-refractivity contribution is -0.161. The second-order valence-electron chi connectivity index (χ2n) is 28.4. The van der Waals surface area contributed by atoms with Crippen LogP contribution in [0.2, 0.25) is 10.0 Å². The number of aromatic nitrogens is 4. The molecule has 6 aliphatic carbocycles. The first kappa shape index (κ1) is 72.7. The van der Waals surface area contributed by atoms with Gasteiger partial charge < -0.3 is 28.3 Å².